The smallest absolute Gasteiger partial charge is 0.187 e. The zero-order valence-electron chi connectivity index (χ0n) is 14.7. The van der Waals surface area contributed by atoms with Gasteiger partial charge in [0.2, 0.25) is 0 Å². The molecule has 0 aliphatic carbocycles. The number of piperidine rings is 1. The third kappa shape index (κ3) is 4.52. The van der Waals surface area contributed by atoms with Crippen molar-refractivity contribution in [2.24, 2.45) is 0 Å². The van der Waals surface area contributed by atoms with Gasteiger partial charge < -0.3 is 0 Å². The van der Waals surface area contributed by atoms with Crippen LogP contribution in [-0.4, -0.2) is 30.3 Å². The molecule has 3 rings (SSSR count). The number of nitrogens with zero attached hydrogens (tertiary/aromatic N) is 1. The summed E-state index contributed by atoms with van der Waals surface area (Å²) >= 11 is 0. The first-order chi connectivity index (χ1) is 12.5. The van der Waals surface area contributed by atoms with Gasteiger partial charge in [-0.2, -0.15) is 0 Å². The summed E-state index contributed by atoms with van der Waals surface area (Å²) in [6.07, 6.45) is 4.63. The van der Waals surface area contributed by atoms with Crippen molar-refractivity contribution in [1.29, 1.82) is 0 Å². The van der Waals surface area contributed by atoms with Gasteiger partial charge in [-0.1, -0.05) is 31.2 Å². The van der Waals surface area contributed by atoms with Crippen LogP contribution in [-0.2, 0) is 4.79 Å². The molecule has 134 valence electrons. The van der Waals surface area contributed by atoms with E-state index in [-0.39, 0.29) is 17.4 Å². The Kier molecular flexibility index (Phi) is 5.74. The van der Waals surface area contributed by atoms with E-state index in [1.54, 1.807) is 24.3 Å². The maximum Gasteiger partial charge on any atom is 0.187 e. The molecule has 1 saturated heterocycles. The highest BCUT2D eigenvalue weighted by atomic mass is 19.1. The molecule has 2 aromatic rings. The Morgan fingerprint density at radius 3 is 1.65 bits per heavy atom. The number of likely N-dealkylation sites (tertiary alicyclic amines) is 1. The summed E-state index contributed by atoms with van der Waals surface area (Å²) in [7, 11) is 0. The Hall–Kier alpha value is -2.59. The van der Waals surface area contributed by atoms with Crippen molar-refractivity contribution < 1.29 is 13.6 Å². The van der Waals surface area contributed by atoms with Crippen molar-refractivity contribution in [2.75, 3.05) is 19.6 Å². The minimum atomic E-state index is -0.299. The molecule has 0 N–H and O–H groups in total. The number of Topliss-reactive ketones (excluding diaryl/α,β-unsaturated/α-hetero) is 1. The topological polar surface area (TPSA) is 20.3 Å². The summed E-state index contributed by atoms with van der Waals surface area (Å²) in [6.45, 7) is 4.13. The van der Waals surface area contributed by atoms with Crippen LogP contribution in [0.15, 0.2) is 59.7 Å². The number of carbonyl (C=O) groups excluding carboxylic acids is 1. The van der Waals surface area contributed by atoms with Crippen LogP contribution in [0.3, 0.4) is 0 Å². The quantitative estimate of drug-likeness (QED) is 0.741. The second-order valence-electron chi connectivity index (χ2n) is 6.48. The number of ketones is 1. The van der Waals surface area contributed by atoms with Crippen LogP contribution in [0.4, 0.5) is 8.78 Å². The number of hydrogen-bond acceptors (Lipinski definition) is 2. The van der Waals surface area contributed by atoms with Crippen LogP contribution in [0, 0.1) is 11.6 Å². The first kappa shape index (κ1) is 18.2. The van der Waals surface area contributed by atoms with Gasteiger partial charge in [-0.3, -0.25) is 9.69 Å². The van der Waals surface area contributed by atoms with Gasteiger partial charge >= 0.3 is 0 Å². The van der Waals surface area contributed by atoms with Crippen LogP contribution >= 0.6 is 0 Å². The molecule has 0 bridgehead atoms. The number of hydrogen-bond donors (Lipinski definition) is 0. The summed E-state index contributed by atoms with van der Waals surface area (Å²) in [5.41, 5.74) is 2.97. The van der Waals surface area contributed by atoms with Crippen LogP contribution in [0.25, 0.3) is 12.2 Å². The highest BCUT2D eigenvalue weighted by Gasteiger charge is 2.25. The number of rotatable bonds is 4. The molecule has 4 heteroatoms. The molecule has 0 radical (unpaired) electrons. The van der Waals surface area contributed by atoms with Gasteiger partial charge in [0.1, 0.15) is 11.6 Å². The Labute approximate surface area is 152 Å². The highest BCUT2D eigenvalue weighted by Crippen LogP contribution is 2.22. The molecule has 0 spiro atoms. The maximum atomic E-state index is 13.1. The Balaban J connectivity index is 1.93. The summed E-state index contributed by atoms with van der Waals surface area (Å²) < 4.78 is 26.2. The van der Waals surface area contributed by atoms with Gasteiger partial charge in [0.05, 0.1) is 0 Å². The van der Waals surface area contributed by atoms with Gasteiger partial charge in [-0.25, -0.2) is 8.78 Å². The molecule has 1 heterocycles. The Bertz CT molecular complexity index is 768. The molecular weight excluding hydrogens is 332 g/mol. The molecule has 0 unspecified atom stereocenters. The van der Waals surface area contributed by atoms with Crippen LogP contribution < -0.4 is 0 Å². The first-order valence-electron chi connectivity index (χ1n) is 8.74. The largest absolute Gasteiger partial charge is 0.295 e. The van der Waals surface area contributed by atoms with Gasteiger partial charge in [-0.05, 0) is 60.5 Å². The van der Waals surface area contributed by atoms with Gasteiger partial charge in [0.25, 0.3) is 0 Å². The molecule has 2 nitrogen and oxygen atoms in total. The molecule has 26 heavy (non-hydrogen) atoms. The normalized spacial score (nSPS) is 18.7. The van der Waals surface area contributed by atoms with E-state index in [1.165, 1.54) is 24.3 Å². The monoisotopic (exact) mass is 353 g/mol. The molecule has 0 atom stereocenters. The predicted octanol–water partition coefficient (Wildman–Crippen LogP) is 4.73. The van der Waals surface area contributed by atoms with Crippen LogP contribution in [0.5, 0.6) is 0 Å². The number of benzene rings is 2. The Morgan fingerprint density at radius 2 is 1.27 bits per heavy atom. The van der Waals surface area contributed by atoms with Crippen molar-refractivity contribution in [1.82, 2.24) is 4.90 Å². The SMILES string of the molecule is CCCN1CC(=Cc2ccc(F)cc2)C(=O)C(=Cc2ccc(F)cc2)C1. The van der Waals surface area contributed by atoms with E-state index in [4.69, 9.17) is 0 Å². The van der Waals surface area contributed by atoms with Crippen molar-refractivity contribution in [2.45, 2.75) is 13.3 Å². The number of halogens is 2. The molecular formula is C22H21F2NO. The zero-order valence-corrected chi connectivity index (χ0v) is 14.7. The fourth-order valence-electron chi connectivity index (χ4n) is 3.10. The van der Waals surface area contributed by atoms with E-state index in [2.05, 4.69) is 11.8 Å². The van der Waals surface area contributed by atoms with Crippen molar-refractivity contribution in [3.63, 3.8) is 0 Å². The first-order valence-corrected chi connectivity index (χ1v) is 8.74. The molecule has 0 amide bonds. The third-order valence-electron chi connectivity index (χ3n) is 4.33. The van der Waals surface area contributed by atoms with E-state index in [0.29, 0.717) is 24.2 Å². The van der Waals surface area contributed by atoms with Crippen LogP contribution in [0.2, 0.25) is 0 Å². The Morgan fingerprint density at radius 1 is 0.846 bits per heavy atom. The van der Waals surface area contributed by atoms with E-state index < -0.39 is 0 Å². The van der Waals surface area contributed by atoms with E-state index in [9.17, 15) is 13.6 Å². The van der Waals surface area contributed by atoms with Crippen molar-refractivity contribution in [3.8, 4) is 0 Å². The molecule has 0 saturated carbocycles. The van der Waals surface area contributed by atoms with Gasteiger partial charge in [0, 0.05) is 24.2 Å². The fraction of sp³-hybridized carbons (Fsp3) is 0.227. The molecule has 0 aromatic heterocycles. The molecule has 1 aliphatic rings. The average Bonchev–Trinajstić information content (AvgIpc) is 2.63. The lowest BCUT2D eigenvalue weighted by Crippen LogP contribution is -2.38. The molecule has 1 fully saturated rings. The molecule has 2 aromatic carbocycles. The maximum absolute atomic E-state index is 13.1. The van der Waals surface area contributed by atoms with E-state index in [0.717, 1.165) is 24.1 Å². The lowest BCUT2D eigenvalue weighted by atomic mass is 9.94. The van der Waals surface area contributed by atoms with Gasteiger partial charge in [0.15, 0.2) is 5.78 Å². The lowest BCUT2D eigenvalue weighted by Gasteiger charge is -2.29. The standard InChI is InChI=1S/C22H21F2NO/c1-2-11-25-14-18(12-16-3-7-20(23)8-4-16)22(26)19(15-25)13-17-5-9-21(24)10-6-17/h3-10,12-13H,2,11,14-15H2,1H3. The minimum Gasteiger partial charge on any atom is -0.295 e. The molecule has 1 aliphatic heterocycles. The van der Waals surface area contributed by atoms with E-state index >= 15 is 0 Å². The summed E-state index contributed by atoms with van der Waals surface area (Å²) in [5.74, 6) is -0.607. The minimum absolute atomic E-state index is 0.00833. The lowest BCUT2D eigenvalue weighted by molar-refractivity contribution is -0.113. The highest BCUT2D eigenvalue weighted by molar-refractivity contribution is 6.14. The summed E-state index contributed by atoms with van der Waals surface area (Å²) in [5, 5.41) is 0. The number of carbonyl (C=O) groups is 1. The summed E-state index contributed by atoms with van der Waals surface area (Å²) in [4.78, 5) is 15.1. The van der Waals surface area contributed by atoms with Crippen LogP contribution in [0.1, 0.15) is 24.5 Å². The fourth-order valence-corrected chi connectivity index (χ4v) is 3.10. The van der Waals surface area contributed by atoms with Crippen molar-refractivity contribution >= 4 is 17.9 Å². The second-order valence-corrected chi connectivity index (χ2v) is 6.48. The zero-order chi connectivity index (χ0) is 18.5. The predicted molar refractivity (Wildman–Crippen MR) is 100 cm³/mol. The second kappa shape index (κ2) is 8.19. The third-order valence-corrected chi connectivity index (χ3v) is 4.33. The summed E-state index contributed by atoms with van der Waals surface area (Å²) in [6, 6.07) is 12.2. The average molecular weight is 353 g/mol. The van der Waals surface area contributed by atoms with Crippen molar-refractivity contribution in [3.05, 3.63) is 82.4 Å². The van der Waals surface area contributed by atoms with Gasteiger partial charge in [-0.15, -0.1) is 0 Å². The van der Waals surface area contributed by atoms with E-state index in [1.807, 2.05) is 12.2 Å².